The van der Waals surface area contributed by atoms with E-state index in [9.17, 15) is 36.3 Å². The number of amides is 3. The molecule has 0 spiro atoms. The molecular formula is C37H40BrF3N4O10S2. The molecule has 1 saturated heterocycles. The van der Waals surface area contributed by atoms with Gasteiger partial charge in [-0.05, 0) is 101 Å². The summed E-state index contributed by atoms with van der Waals surface area (Å²) in [5, 5.41) is 21.5. The van der Waals surface area contributed by atoms with E-state index in [4.69, 9.17) is 29.3 Å². The van der Waals surface area contributed by atoms with Crippen molar-refractivity contribution in [1.29, 1.82) is 0 Å². The molecule has 0 radical (unpaired) electrons. The van der Waals surface area contributed by atoms with Gasteiger partial charge in [0, 0.05) is 17.7 Å². The van der Waals surface area contributed by atoms with Crippen LogP contribution in [0.25, 0.3) is 0 Å². The van der Waals surface area contributed by atoms with Gasteiger partial charge in [0.05, 0.1) is 44.2 Å². The van der Waals surface area contributed by atoms with Crippen LogP contribution in [0.4, 0.5) is 23.7 Å². The second-order valence-electron chi connectivity index (χ2n) is 13.2. The van der Waals surface area contributed by atoms with Crippen LogP contribution in [0.3, 0.4) is 0 Å². The number of methoxy groups -OCH3 is 2. The molecule has 20 heteroatoms. The number of phenolic OH excluding ortho intramolecular Hbond substituents is 1. The van der Waals surface area contributed by atoms with Gasteiger partial charge < -0.3 is 49.1 Å². The molecule has 5 rings (SSSR count). The number of halogens is 4. The molecule has 3 aromatic carbocycles. The molecule has 0 bridgehead atoms. The highest BCUT2D eigenvalue weighted by molar-refractivity contribution is 9.11. The molecule has 3 atom stereocenters. The van der Waals surface area contributed by atoms with Crippen molar-refractivity contribution < 1.29 is 64.3 Å². The third-order valence-corrected chi connectivity index (χ3v) is 12.2. The van der Waals surface area contributed by atoms with E-state index in [1.807, 2.05) is 18.2 Å². The fourth-order valence-corrected chi connectivity index (χ4v) is 9.23. The van der Waals surface area contributed by atoms with Gasteiger partial charge in [-0.3, -0.25) is 4.79 Å². The molecule has 4 aromatic rings. The number of quaternary nitrogens is 1. The lowest BCUT2D eigenvalue weighted by Crippen LogP contribution is -2.62. The summed E-state index contributed by atoms with van der Waals surface area (Å²) >= 11 is 4.29. The standard InChI is InChI=1S/C35H39BrN4O8S2.C2HF3O2/c1-40(21-24-8-15-30(46-2)31(20-24)47-3)18-4-5-26(22-40)39(29(34(37)42)19-23-6-11-27(41)12-7-23)35(43)38-25-9-13-28(14-10-25)48-50(44,45)33-17-16-32(36)49-33;3-2(4,5)1(6)7/h6-17,20,26,29H,4-5,18-19,21-22H2,1-3H3,(H3-,37,38,41,42,43);(H,6,7)/t26-,29-,40?;/m0./s1. The van der Waals surface area contributed by atoms with Crippen molar-refractivity contribution in [1.82, 2.24) is 4.90 Å². The number of urea groups is 1. The lowest BCUT2D eigenvalue weighted by Gasteiger charge is -2.46. The molecule has 4 N–H and O–H groups in total. The van der Waals surface area contributed by atoms with Gasteiger partial charge in [-0.2, -0.15) is 21.6 Å². The quantitative estimate of drug-likeness (QED) is 0.121. The predicted molar refractivity (Wildman–Crippen MR) is 205 cm³/mol. The molecule has 1 unspecified atom stereocenters. The summed E-state index contributed by atoms with van der Waals surface area (Å²) in [7, 11) is 1.27. The zero-order valence-electron chi connectivity index (χ0n) is 30.8. The maximum atomic E-state index is 14.2. The maximum absolute atomic E-state index is 14.2. The lowest BCUT2D eigenvalue weighted by atomic mass is 9.96. The number of nitrogens with zero attached hydrogens (tertiary/aromatic N) is 2. The highest BCUT2D eigenvalue weighted by Crippen LogP contribution is 2.32. The van der Waals surface area contributed by atoms with Gasteiger partial charge in [-0.25, -0.2) is 4.79 Å². The maximum Gasteiger partial charge on any atom is 0.430 e. The molecule has 0 aliphatic carbocycles. The molecule has 308 valence electrons. The Bertz CT molecular complexity index is 2140. The number of carbonyl (C=O) groups is 3. The number of nitrogens with two attached hydrogens (primary N) is 1. The first kappa shape index (κ1) is 44.7. The number of rotatable bonds is 13. The van der Waals surface area contributed by atoms with Crippen LogP contribution in [0.15, 0.2) is 86.9 Å². The number of ether oxygens (including phenoxy) is 2. The molecule has 1 aliphatic heterocycles. The van der Waals surface area contributed by atoms with Crippen molar-refractivity contribution in [3.8, 4) is 23.0 Å². The molecule has 3 amide bonds. The molecular weight excluding hydrogens is 861 g/mol. The monoisotopic (exact) mass is 900 g/mol. The number of nitrogens with one attached hydrogen (secondary N) is 1. The second kappa shape index (κ2) is 18.9. The number of alkyl halides is 3. The predicted octanol–water partition coefficient (Wildman–Crippen LogP) is 5.04. The fraction of sp³-hybridized carbons (Fsp3) is 0.324. The first-order chi connectivity index (χ1) is 26.7. The summed E-state index contributed by atoms with van der Waals surface area (Å²) in [6, 6.07) is 19.4. The number of phenols is 1. The van der Waals surface area contributed by atoms with Crippen LogP contribution in [0.1, 0.15) is 24.0 Å². The number of hydrogen-bond donors (Lipinski definition) is 3. The number of aromatic hydroxyl groups is 1. The van der Waals surface area contributed by atoms with Crippen LogP contribution in [0, 0.1) is 0 Å². The minimum absolute atomic E-state index is 0.0486. The van der Waals surface area contributed by atoms with E-state index < -0.39 is 40.2 Å². The van der Waals surface area contributed by atoms with Gasteiger partial charge in [0.1, 0.15) is 30.1 Å². The molecule has 14 nitrogen and oxygen atoms in total. The molecule has 1 aromatic heterocycles. The Hall–Kier alpha value is -5.05. The van der Waals surface area contributed by atoms with E-state index in [1.165, 1.54) is 42.5 Å². The highest BCUT2D eigenvalue weighted by Gasteiger charge is 2.41. The number of likely N-dealkylation sites (N-methyl/N-ethyl adjacent to an activating group) is 1. The third kappa shape index (κ3) is 12.5. The fourth-order valence-electron chi connectivity index (χ4n) is 6.33. The third-order valence-electron chi connectivity index (χ3n) is 8.89. The molecule has 2 heterocycles. The summed E-state index contributed by atoms with van der Waals surface area (Å²) in [5.41, 5.74) is 8.15. The molecule has 1 fully saturated rings. The van der Waals surface area contributed by atoms with Crippen LogP contribution >= 0.6 is 27.3 Å². The van der Waals surface area contributed by atoms with Gasteiger partial charge in [0.15, 0.2) is 15.7 Å². The number of primary amides is 1. The number of carbonyl (C=O) groups excluding carboxylic acids is 3. The Kier molecular flexibility index (Phi) is 14.8. The van der Waals surface area contributed by atoms with Crippen LogP contribution < -0.4 is 29.8 Å². The number of hydrogen-bond acceptors (Lipinski definition) is 11. The number of thiophene rings is 1. The Morgan fingerprint density at radius 2 is 1.63 bits per heavy atom. The van der Waals surface area contributed by atoms with Crippen LogP contribution in [-0.2, 0) is 32.7 Å². The molecule has 0 saturated carbocycles. The average Bonchev–Trinajstić information content (AvgIpc) is 3.60. The number of carboxylic acids is 1. The van der Waals surface area contributed by atoms with Crippen LogP contribution in [0.2, 0.25) is 0 Å². The summed E-state index contributed by atoms with van der Waals surface area (Å²) < 4.78 is 74.5. The van der Waals surface area contributed by atoms with Gasteiger partial charge in [0.2, 0.25) is 5.91 Å². The van der Waals surface area contributed by atoms with E-state index in [0.29, 0.717) is 45.0 Å². The Morgan fingerprint density at radius 1 is 1.02 bits per heavy atom. The largest absolute Gasteiger partial charge is 0.542 e. The zero-order chi connectivity index (χ0) is 42.1. The van der Waals surface area contributed by atoms with Gasteiger partial charge >= 0.3 is 22.3 Å². The highest BCUT2D eigenvalue weighted by atomic mass is 79.9. The normalized spacial score (nSPS) is 17.3. The number of piperidine rings is 1. The Balaban J connectivity index is 0.000000940. The van der Waals surface area contributed by atoms with E-state index in [1.54, 1.807) is 37.3 Å². The topological polar surface area (TPSA) is 198 Å². The van der Waals surface area contributed by atoms with Gasteiger partial charge in [-0.1, -0.05) is 12.1 Å². The lowest BCUT2D eigenvalue weighted by molar-refractivity contribution is -0.928. The Morgan fingerprint density at radius 3 is 2.18 bits per heavy atom. The first-order valence-corrected chi connectivity index (χ1v) is 20.0. The summed E-state index contributed by atoms with van der Waals surface area (Å²) in [6.45, 7) is 2.05. The van der Waals surface area contributed by atoms with Crippen molar-refractivity contribution in [3.05, 3.63) is 93.8 Å². The summed E-state index contributed by atoms with van der Waals surface area (Å²) in [6.07, 6.45) is -3.61. The summed E-state index contributed by atoms with van der Waals surface area (Å²) in [4.78, 5) is 37.7. The molecule has 57 heavy (non-hydrogen) atoms. The van der Waals surface area contributed by atoms with E-state index in [0.717, 1.165) is 35.4 Å². The SMILES string of the molecule is COc1ccc(C[N+]2(C)CCC[C@H](N(C(=O)Nc3ccc(OS(=O)(=O)c4ccc(Br)s4)cc3)[C@@H](Cc3ccc(O)cc3)C(N)=O)C2)cc1OC.O=C([O-])C(F)(F)F. The second-order valence-corrected chi connectivity index (χ2v) is 17.4. The van der Waals surface area contributed by atoms with Crippen molar-refractivity contribution in [2.45, 2.75) is 48.3 Å². The smallest absolute Gasteiger partial charge is 0.430 e. The van der Waals surface area contributed by atoms with Crippen LogP contribution in [-0.4, -0.2) is 93.4 Å². The van der Waals surface area contributed by atoms with Crippen LogP contribution in [0.5, 0.6) is 23.0 Å². The van der Waals surface area contributed by atoms with Crippen molar-refractivity contribution in [3.63, 3.8) is 0 Å². The Labute approximate surface area is 339 Å². The first-order valence-electron chi connectivity index (χ1n) is 17.0. The summed E-state index contributed by atoms with van der Waals surface area (Å²) in [5.74, 6) is -2.26. The number of aliphatic carboxylic acids is 1. The van der Waals surface area contributed by atoms with Crippen molar-refractivity contribution in [2.24, 2.45) is 5.73 Å². The van der Waals surface area contributed by atoms with E-state index in [-0.39, 0.29) is 28.2 Å². The van der Waals surface area contributed by atoms with Crippen molar-refractivity contribution >= 4 is 61.0 Å². The number of carboxylic acid groups (broad SMARTS) is 1. The van der Waals surface area contributed by atoms with E-state index >= 15 is 0 Å². The number of likely N-dealkylation sites (tertiary alicyclic amines) is 1. The van der Waals surface area contributed by atoms with E-state index in [2.05, 4.69) is 28.3 Å². The van der Waals surface area contributed by atoms with Crippen molar-refractivity contribution in [2.75, 3.05) is 39.7 Å². The molecule has 1 aliphatic rings. The zero-order valence-corrected chi connectivity index (χ0v) is 34.0. The van der Waals surface area contributed by atoms with Gasteiger partial charge in [0.25, 0.3) is 0 Å². The number of benzene rings is 3. The average molecular weight is 902 g/mol. The minimum Gasteiger partial charge on any atom is -0.542 e. The number of anilines is 1. The minimum atomic E-state index is -5.19. The van der Waals surface area contributed by atoms with Gasteiger partial charge in [-0.15, -0.1) is 11.3 Å².